The third-order valence-corrected chi connectivity index (χ3v) is 4.78. The van der Waals surface area contributed by atoms with Gasteiger partial charge >= 0.3 is 0 Å². The van der Waals surface area contributed by atoms with Crippen molar-refractivity contribution >= 4 is 22.6 Å². The van der Waals surface area contributed by atoms with Crippen LogP contribution >= 0.6 is 0 Å². The molecule has 1 amide bonds. The first-order chi connectivity index (χ1) is 14.4. The fraction of sp³-hybridized carbons (Fsp3) is 0.227. The van der Waals surface area contributed by atoms with Crippen molar-refractivity contribution in [2.75, 3.05) is 5.32 Å². The number of aryl methyl sites for hydroxylation is 1. The van der Waals surface area contributed by atoms with E-state index < -0.39 is 0 Å². The quantitative estimate of drug-likeness (QED) is 0.547. The van der Waals surface area contributed by atoms with Crippen LogP contribution in [0.15, 0.2) is 58.0 Å². The van der Waals surface area contributed by atoms with E-state index in [0.29, 0.717) is 34.0 Å². The zero-order valence-electron chi connectivity index (χ0n) is 16.9. The van der Waals surface area contributed by atoms with Crippen molar-refractivity contribution in [3.05, 3.63) is 70.4 Å². The molecule has 8 nitrogen and oxygen atoms in total. The number of fused-ring (bicyclic) bond motifs is 1. The largest absolute Gasteiger partial charge is 0.334 e. The third-order valence-electron chi connectivity index (χ3n) is 4.78. The van der Waals surface area contributed by atoms with E-state index in [-0.39, 0.29) is 23.9 Å². The SMILES string of the molecule is Cc1cccc(-c2nc(C(C)C)no2)c1NC(=O)Cn1c(=O)cnc2ccccc21. The number of amides is 1. The highest BCUT2D eigenvalue weighted by Gasteiger charge is 2.18. The van der Waals surface area contributed by atoms with Crippen molar-refractivity contribution in [2.45, 2.75) is 33.2 Å². The molecule has 8 heteroatoms. The molecule has 0 saturated carbocycles. The van der Waals surface area contributed by atoms with Crippen LogP contribution in [0, 0.1) is 6.92 Å². The third kappa shape index (κ3) is 3.71. The second-order valence-electron chi connectivity index (χ2n) is 7.33. The van der Waals surface area contributed by atoms with Gasteiger partial charge in [0.2, 0.25) is 5.91 Å². The fourth-order valence-electron chi connectivity index (χ4n) is 3.19. The Morgan fingerprint density at radius 3 is 2.73 bits per heavy atom. The van der Waals surface area contributed by atoms with Crippen LogP contribution in [0.4, 0.5) is 5.69 Å². The Hall–Kier alpha value is -3.81. The van der Waals surface area contributed by atoms with E-state index in [4.69, 9.17) is 4.52 Å². The zero-order chi connectivity index (χ0) is 21.3. The second kappa shape index (κ2) is 7.90. The molecule has 0 bridgehead atoms. The summed E-state index contributed by atoms with van der Waals surface area (Å²) in [4.78, 5) is 33.8. The maximum Gasteiger partial charge on any atom is 0.269 e. The van der Waals surface area contributed by atoms with E-state index >= 15 is 0 Å². The first-order valence-electron chi connectivity index (χ1n) is 9.62. The fourth-order valence-corrected chi connectivity index (χ4v) is 3.19. The summed E-state index contributed by atoms with van der Waals surface area (Å²) in [6.45, 7) is 5.69. The summed E-state index contributed by atoms with van der Waals surface area (Å²) in [5, 5.41) is 6.91. The van der Waals surface area contributed by atoms with E-state index in [1.807, 2.05) is 45.0 Å². The Labute approximate surface area is 172 Å². The summed E-state index contributed by atoms with van der Waals surface area (Å²) in [5.74, 6) is 0.715. The van der Waals surface area contributed by atoms with E-state index in [0.717, 1.165) is 5.56 Å². The van der Waals surface area contributed by atoms with Crippen molar-refractivity contribution in [3.63, 3.8) is 0 Å². The van der Waals surface area contributed by atoms with Gasteiger partial charge in [-0.3, -0.25) is 14.2 Å². The Bertz CT molecular complexity index is 1290. The maximum absolute atomic E-state index is 12.9. The number of anilines is 1. The number of hydrogen-bond acceptors (Lipinski definition) is 6. The number of benzene rings is 2. The van der Waals surface area contributed by atoms with Gasteiger partial charge in [-0.25, -0.2) is 4.98 Å². The molecule has 4 aromatic rings. The minimum atomic E-state index is -0.340. The lowest BCUT2D eigenvalue weighted by Gasteiger charge is -2.13. The zero-order valence-corrected chi connectivity index (χ0v) is 16.9. The van der Waals surface area contributed by atoms with Crippen LogP contribution in [-0.4, -0.2) is 25.6 Å². The number of para-hydroxylation sites is 3. The average Bonchev–Trinajstić information content (AvgIpc) is 3.22. The Kier molecular flexibility index (Phi) is 5.14. The molecule has 0 unspecified atom stereocenters. The summed E-state index contributed by atoms with van der Waals surface area (Å²) in [5.41, 5.74) is 2.96. The Balaban J connectivity index is 1.66. The lowest BCUT2D eigenvalue weighted by Crippen LogP contribution is -2.28. The monoisotopic (exact) mass is 403 g/mol. The van der Waals surface area contributed by atoms with Crippen molar-refractivity contribution in [1.29, 1.82) is 0 Å². The normalized spacial score (nSPS) is 11.2. The van der Waals surface area contributed by atoms with E-state index in [9.17, 15) is 9.59 Å². The molecule has 1 N–H and O–H groups in total. The van der Waals surface area contributed by atoms with Gasteiger partial charge in [-0.15, -0.1) is 0 Å². The van der Waals surface area contributed by atoms with Crippen molar-refractivity contribution in [3.8, 4) is 11.5 Å². The van der Waals surface area contributed by atoms with Gasteiger partial charge < -0.3 is 9.84 Å². The summed E-state index contributed by atoms with van der Waals surface area (Å²) in [7, 11) is 0. The van der Waals surface area contributed by atoms with Gasteiger partial charge in [0.05, 0.1) is 28.5 Å². The van der Waals surface area contributed by atoms with Crippen LogP contribution in [0.25, 0.3) is 22.5 Å². The molecule has 2 aromatic heterocycles. The lowest BCUT2D eigenvalue weighted by molar-refractivity contribution is -0.116. The molecule has 0 aliphatic rings. The molecule has 2 aromatic carbocycles. The first-order valence-corrected chi connectivity index (χ1v) is 9.62. The molecule has 0 aliphatic carbocycles. The highest BCUT2D eigenvalue weighted by Crippen LogP contribution is 2.30. The van der Waals surface area contributed by atoms with Crippen molar-refractivity contribution in [2.24, 2.45) is 0 Å². The minimum absolute atomic E-state index is 0.122. The molecule has 0 saturated heterocycles. The van der Waals surface area contributed by atoms with E-state index in [1.165, 1.54) is 10.8 Å². The molecular formula is C22H21N5O3. The Morgan fingerprint density at radius 2 is 1.97 bits per heavy atom. The molecular weight excluding hydrogens is 382 g/mol. The van der Waals surface area contributed by atoms with Crippen LogP contribution in [0.5, 0.6) is 0 Å². The molecule has 2 heterocycles. The summed E-state index contributed by atoms with van der Waals surface area (Å²) in [6, 6.07) is 12.8. The Morgan fingerprint density at radius 1 is 1.17 bits per heavy atom. The smallest absolute Gasteiger partial charge is 0.269 e. The van der Waals surface area contributed by atoms with Crippen LogP contribution in [0.1, 0.15) is 31.2 Å². The number of carbonyl (C=O) groups is 1. The molecule has 152 valence electrons. The highest BCUT2D eigenvalue weighted by molar-refractivity contribution is 5.96. The van der Waals surface area contributed by atoms with Gasteiger partial charge in [0.25, 0.3) is 11.4 Å². The molecule has 0 aliphatic heterocycles. The van der Waals surface area contributed by atoms with Gasteiger partial charge in [0.15, 0.2) is 5.82 Å². The minimum Gasteiger partial charge on any atom is -0.334 e. The first kappa shape index (κ1) is 19.5. The topological polar surface area (TPSA) is 103 Å². The van der Waals surface area contributed by atoms with Crippen LogP contribution in [-0.2, 0) is 11.3 Å². The maximum atomic E-state index is 12.9. The number of carbonyl (C=O) groups excluding carboxylic acids is 1. The molecule has 0 fully saturated rings. The summed E-state index contributed by atoms with van der Waals surface area (Å²) < 4.78 is 6.81. The summed E-state index contributed by atoms with van der Waals surface area (Å²) >= 11 is 0. The standard InChI is InChI=1S/C22H21N5O3/c1-13(2)21-25-22(30-26-21)15-8-6-7-14(3)20(15)24-18(28)12-27-17-10-5-4-9-16(17)23-11-19(27)29/h4-11,13H,12H2,1-3H3,(H,24,28). The lowest BCUT2D eigenvalue weighted by atomic mass is 10.1. The van der Waals surface area contributed by atoms with Gasteiger partial charge in [-0.2, -0.15) is 4.98 Å². The van der Waals surface area contributed by atoms with E-state index in [1.54, 1.807) is 18.2 Å². The average molecular weight is 403 g/mol. The van der Waals surface area contributed by atoms with Crippen molar-refractivity contribution < 1.29 is 9.32 Å². The molecule has 0 atom stereocenters. The molecule has 30 heavy (non-hydrogen) atoms. The molecule has 0 radical (unpaired) electrons. The predicted molar refractivity (Wildman–Crippen MR) is 113 cm³/mol. The van der Waals surface area contributed by atoms with Crippen LogP contribution in [0.2, 0.25) is 0 Å². The summed E-state index contributed by atoms with van der Waals surface area (Å²) in [6.07, 6.45) is 1.22. The van der Waals surface area contributed by atoms with Gasteiger partial charge in [0, 0.05) is 5.92 Å². The number of hydrogen-bond donors (Lipinski definition) is 1. The van der Waals surface area contributed by atoms with Gasteiger partial charge in [0.1, 0.15) is 6.54 Å². The number of nitrogens with zero attached hydrogens (tertiary/aromatic N) is 4. The van der Waals surface area contributed by atoms with Crippen molar-refractivity contribution in [1.82, 2.24) is 19.7 Å². The highest BCUT2D eigenvalue weighted by atomic mass is 16.5. The molecule has 0 spiro atoms. The number of rotatable bonds is 5. The van der Waals surface area contributed by atoms with Crippen LogP contribution in [0.3, 0.4) is 0 Å². The predicted octanol–water partition coefficient (Wildman–Crippen LogP) is 3.52. The van der Waals surface area contributed by atoms with Crippen LogP contribution < -0.4 is 10.9 Å². The molecule has 4 rings (SSSR count). The number of aromatic nitrogens is 4. The van der Waals surface area contributed by atoms with E-state index in [2.05, 4.69) is 20.4 Å². The number of nitrogens with one attached hydrogen (secondary N) is 1. The second-order valence-corrected chi connectivity index (χ2v) is 7.33. The van der Waals surface area contributed by atoms with Gasteiger partial charge in [-0.1, -0.05) is 43.3 Å². The van der Waals surface area contributed by atoms with Gasteiger partial charge in [-0.05, 0) is 30.7 Å².